The predicted molar refractivity (Wildman–Crippen MR) is 47.4 cm³/mol. The van der Waals surface area contributed by atoms with E-state index in [4.69, 9.17) is 19.4 Å². The third-order valence-electron chi connectivity index (χ3n) is 2.46. The second-order valence-corrected chi connectivity index (χ2v) is 4.01. The highest BCUT2D eigenvalue weighted by molar-refractivity contribution is 6.50. The van der Waals surface area contributed by atoms with E-state index in [0.717, 1.165) is 0 Å². The molecule has 13 heavy (non-hydrogen) atoms. The molecule has 1 heterocycles. The highest BCUT2D eigenvalue weighted by Gasteiger charge is 2.53. The summed E-state index contributed by atoms with van der Waals surface area (Å²) in [5.41, 5.74) is -1.04. The second-order valence-electron chi connectivity index (χ2n) is 4.01. The van der Waals surface area contributed by atoms with Crippen LogP contribution in [0.3, 0.4) is 0 Å². The highest BCUT2D eigenvalue weighted by Crippen LogP contribution is 2.36. The molecule has 0 unspecified atom stereocenters. The van der Waals surface area contributed by atoms with Crippen LogP contribution < -0.4 is 0 Å². The first kappa shape index (κ1) is 11.0. The van der Waals surface area contributed by atoms with Crippen LogP contribution in [0.1, 0.15) is 27.7 Å². The zero-order valence-electron chi connectivity index (χ0n) is 8.27. The third-order valence-corrected chi connectivity index (χ3v) is 2.46. The largest absolute Gasteiger partial charge is 0.628 e. The first-order valence-corrected chi connectivity index (χ1v) is 4.12. The van der Waals surface area contributed by atoms with Crippen LogP contribution in [0.15, 0.2) is 0 Å². The van der Waals surface area contributed by atoms with Gasteiger partial charge in [0.1, 0.15) is 0 Å². The smallest absolute Gasteiger partial charge is 0.402 e. The van der Waals surface area contributed by atoms with Gasteiger partial charge in [-0.05, 0) is 27.7 Å². The van der Waals surface area contributed by atoms with E-state index in [-0.39, 0.29) is 0 Å². The lowest BCUT2D eigenvalue weighted by molar-refractivity contribution is 0.00578. The van der Waals surface area contributed by atoms with Crippen molar-refractivity contribution in [3.8, 4) is 0 Å². The van der Waals surface area contributed by atoms with E-state index in [1.165, 1.54) is 0 Å². The van der Waals surface area contributed by atoms with Crippen molar-refractivity contribution in [2.45, 2.75) is 38.9 Å². The summed E-state index contributed by atoms with van der Waals surface area (Å²) in [6.07, 6.45) is 0. The Morgan fingerprint density at radius 3 is 1.77 bits per heavy atom. The normalized spacial score (nSPS) is 24.9. The highest BCUT2D eigenvalue weighted by atomic mass is 16.8. The summed E-state index contributed by atoms with van der Waals surface area (Å²) in [4.78, 5) is 0. The SMILES string of the molecule is CC1(C)OB(OB(O)O)OC1(C)C. The van der Waals surface area contributed by atoms with Gasteiger partial charge in [-0.3, -0.25) is 0 Å². The Morgan fingerprint density at radius 1 is 1.08 bits per heavy atom. The summed E-state index contributed by atoms with van der Waals surface area (Å²) >= 11 is 0. The lowest BCUT2D eigenvalue weighted by atomic mass is 9.90. The topological polar surface area (TPSA) is 68.2 Å². The van der Waals surface area contributed by atoms with Gasteiger partial charge in [-0.2, -0.15) is 0 Å². The van der Waals surface area contributed by atoms with Crippen LogP contribution in [0.2, 0.25) is 0 Å². The standard InChI is InChI=1S/C6H14B2O5/c1-5(2)6(3,4)12-8(11-5)13-7(9)10/h9-10H,1-4H3. The van der Waals surface area contributed by atoms with Gasteiger partial charge in [0.2, 0.25) is 0 Å². The quantitative estimate of drug-likeness (QED) is 0.574. The van der Waals surface area contributed by atoms with E-state index in [1.807, 2.05) is 27.7 Å². The van der Waals surface area contributed by atoms with E-state index < -0.39 is 25.8 Å². The van der Waals surface area contributed by atoms with Crippen LogP contribution in [-0.4, -0.2) is 35.9 Å². The van der Waals surface area contributed by atoms with Crippen LogP contribution in [0, 0.1) is 0 Å². The maximum atomic E-state index is 8.53. The van der Waals surface area contributed by atoms with Crippen LogP contribution in [0.4, 0.5) is 0 Å². The summed E-state index contributed by atoms with van der Waals surface area (Å²) in [7, 11) is -2.90. The molecule has 0 spiro atoms. The Labute approximate surface area is 78.3 Å². The third kappa shape index (κ3) is 2.24. The lowest BCUT2D eigenvalue weighted by Gasteiger charge is -2.31. The summed E-state index contributed by atoms with van der Waals surface area (Å²) in [6.45, 7) is 7.39. The molecule has 0 aromatic heterocycles. The van der Waals surface area contributed by atoms with Gasteiger partial charge in [-0.25, -0.2) is 0 Å². The van der Waals surface area contributed by atoms with E-state index in [0.29, 0.717) is 0 Å². The molecule has 5 nitrogen and oxygen atoms in total. The summed E-state index contributed by atoms with van der Waals surface area (Å²) < 4.78 is 15.2. The van der Waals surface area contributed by atoms with Gasteiger partial charge in [-0.15, -0.1) is 0 Å². The fraction of sp³-hybridized carbons (Fsp3) is 1.00. The van der Waals surface area contributed by atoms with Crippen LogP contribution in [0.5, 0.6) is 0 Å². The Bertz CT molecular complexity index is 177. The lowest BCUT2D eigenvalue weighted by Crippen LogP contribution is -2.41. The summed E-state index contributed by atoms with van der Waals surface area (Å²) in [6, 6.07) is 0. The van der Waals surface area contributed by atoms with Crippen LogP contribution in [-0.2, 0) is 13.9 Å². The molecule has 7 heteroatoms. The predicted octanol–water partition coefficient (Wildman–Crippen LogP) is -0.439. The molecule has 0 aromatic rings. The minimum absolute atomic E-state index is 0.521. The van der Waals surface area contributed by atoms with Gasteiger partial charge < -0.3 is 23.9 Å². The van der Waals surface area contributed by atoms with Gasteiger partial charge in [0.05, 0.1) is 11.2 Å². The van der Waals surface area contributed by atoms with Crippen LogP contribution in [0.25, 0.3) is 0 Å². The molecule has 74 valence electrons. The fourth-order valence-corrected chi connectivity index (χ4v) is 0.944. The van der Waals surface area contributed by atoms with Gasteiger partial charge in [0, 0.05) is 0 Å². The minimum Gasteiger partial charge on any atom is -0.402 e. The van der Waals surface area contributed by atoms with Crippen molar-refractivity contribution >= 4 is 14.6 Å². The first-order valence-electron chi connectivity index (χ1n) is 4.12. The van der Waals surface area contributed by atoms with Crippen molar-refractivity contribution in [2.75, 3.05) is 0 Å². The average Bonchev–Trinajstić information content (AvgIpc) is 1.98. The molecule has 0 aromatic carbocycles. The monoisotopic (exact) mass is 188 g/mol. The molecule has 1 saturated heterocycles. The van der Waals surface area contributed by atoms with E-state index in [2.05, 4.69) is 4.57 Å². The Morgan fingerprint density at radius 2 is 1.46 bits per heavy atom. The zero-order valence-corrected chi connectivity index (χ0v) is 8.27. The minimum atomic E-state index is -1.88. The van der Waals surface area contributed by atoms with Crippen molar-refractivity contribution in [3.05, 3.63) is 0 Å². The Kier molecular flexibility index (Phi) is 2.75. The molecular weight excluding hydrogens is 174 g/mol. The van der Waals surface area contributed by atoms with Gasteiger partial charge in [0.15, 0.2) is 0 Å². The van der Waals surface area contributed by atoms with Crippen molar-refractivity contribution in [1.29, 1.82) is 0 Å². The number of rotatable bonds is 2. The van der Waals surface area contributed by atoms with Crippen molar-refractivity contribution in [1.82, 2.24) is 0 Å². The number of hydrogen-bond acceptors (Lipinski definition) is 5. The van der Waals surface area contributed by atoms with Gasteiger partial charge in [-0.1, -0.05) is 0 Å². The molecule has 0 saturated carbocycles. The molecule has 0 radical (unpaired) electrons. The van der Waals surface area contributed by atoms with E-state index in [1.54, 1.807) is 0 Å². The molecule has 0 amide bonds. The Hall–Kier alpha value is -0.0701. The molecule has 2 N–H and O–H groups in total. The van der Waals surface area contributed by atoms with E-state index >= 15 is 0 Å². The maximum Gasteiger partial charge on any atom is 0.628 e. The second kappa shape index (κ2) is 3.25. The molecule has 0 atom stereocenters. The molecular formula is C6H14B2O5. The van der Waals surface area contributed by atoms with Gasteiger partial charge >= 0.3 is 14.6 Å². The molecule has 0 bridgehead atoms. The van der Waals surface area contributed by atoms with E-state index in [9.17, 15) is 0 Å². The molecule has 1 aliphatic rings. The van der Waals surface area contributed by atoms with Crippen molar-refractivity contribution in [3.63, 3.8) is 0 Å². The van der Waals surface area contributed by atoms with Crippen LogP contribution >= 0.6 is 0 Å². The zero-order chi connectivity index (χ0) is 10.3. The van der Waals surface area contributed by atoms with Crippen molar-refractivity contribution in [2.24, 2.45) is 0 Å². The fourth-order valence-electron chi connectivity index (χ4n) is 0.944. The number of hydrogen-bond donors (Lipinski definition) is 2. The summed E-state index contributed by atoms with van der Waals surface area (Å²) in [5.74, 6) is 0. The maximum absolute atomic E-state index is 8.53. The molecule has 1 rings (SSSR count). The first-order chi connectivity index (χ1) is 5.74. The molecule has 1 aliphatic heterocycles. The van der Waals surface area contributed by atoms with Gasteiger partial charge in [0.25, 0.3) is 0 Å². The molecule has 1 fully saturated rings. The molecule has 0 aliphatic carbocycles. The average molecular weight is 188 g/mol. The summed E-state index contributed by atoms with van der Waals surface area (Å²) in [5, 5.41) is 17.1. The Balaban J connectivity index is 2.60. The van der Waals surface area contributed by atoms with Crippen molar-refractivity contribution < 1.29 is 23.9 Å².